The topological polar surface area (TPSA) is 15.3 Å². The van der Waals surface area contributed by atoms with Crippen LogP contribution in [0.4, 0.5) is 0 Å². The molecule has 0 aliphatic carbocycles. The first kappa shape index (κ1) is 12.7. The van der Waals surface area contributed by atoms with Crippen molar-refractivity contribution in [1.82, 2.24) is 10.2 Å². The smallest absolute Gasteiger partial charge is 0.0132 e. The van der Waals surface area contributed by atoms with Crippen LogP contribution in [0, 0.1) is 0 Å². The van der Waals surface area contributed by atoms with Crippen LogP contribution in [-0.2, 0) is 0 Å². The van der Waals surface area contributed by atoms with E-state index in [1.807, 2.05) is 6.08 Å². The third kappa shape index (κ3) is 4.80. The summed E-state index contributed by atoms with van der Waals surface area (Å²) >= 11 is 0. The van der Waals surface area contributed by atoms with E-state index in [1.165, 1.54) is 45.2 Å². The van der Waals surface area contributed by atoms with Crippen LogP contribution in [0.2, 0.25) is 0 Å². The highest BCUT2D eigenvalue weighted by Gasteiger charge is 2.18. The molecule has 0 aromatic carbocycles. The predicted molar refractivity (Wildman–Crippen MR) is 67.2 cm³/mol. The Morgan fingerprint density at radius 3 is 3.00 bits per heavy atom. The summed E-state index contributed by atoms with van der Waals surface area (Å²) < 4.78 is 0. The lowest BCUT2D eigenvalue weighted by Crippen LogP contribution is -2.39. The summed E-state index contributed by atoms with van der Waals surface area (Å²) in [7, 11) is 0. The molecule has 0 saturated carbocycles. The first-order valence-electron chi connectivity index (χ1n) is 6.44. The summed E-state index contributed by atoms with van der Waals surface area (Å²) in [6.45, 7) is 10.6. The van der Waals surface area contributed by atoms with Gasteiger partial charge in [-0.2, -0.15) is 0 Å². The van der Waals surface area contributed by atoms with Crippen molar-refractivity contribution in [2.45, 2.75) is 45.1 Å². The van der Waals surface area contributed by atoms with Gasteiger partial charge in [-0.1, -0.05) is 25.8 Å². The van der Waals surface area contributed by atoms with Gasteiger partial charge in [0.15, 0.2) is 0 Å². The highest BCUT2D eigenvalue weighted by Crippen LogP contribution is 2.18. The van der Waals surface area contributed by atoms with Crippen molar-refractivity contribution in [1.29, 1.82) is 0 Å². The van der Waals surface area contributed by atoms with Crippen molar-refractivity contribution in [2.24, 2.45) is 0 Å². The largest absolute Gasteiger partial charge is 0.312 e. The van der Waals surface area contributed by atoms with Gasteiger partial charge in [0, 0.05) is 25.7 Å². The van der Waals surface area contributed by atoms with Gasteiger partial charge in [0.05, 0.1) is 0 Å². The van der Waals surface area contributed by atoms with Crippen LogP contribution in [0.25, 0.3) is 0 Å². The zero-order valence-electron chi connectivity index (χ0n) is 10.2. The Balaban J connectivity index is 2.24. The van der Waals surface area contributed by atoms with Crippen LogP contribution >= 0.6 is 0 Å². The van der Waals surface area contributed by atoms with E-state index >= 15 is 0 Å². The van der Waals surface area contributed by atoms with Crippen LogP contribution in [0.15, 0.2) is 12.7 Å². The molecule has 0 radical (unpaired) electrons. The fraction of sp³-hybridized carbons (Fsp3) is 0.846. The third-order valence-corrected chi connectivity index (χ3v) is 3.33. The molecule has 1 unspecified atom stereocenters. The molecule has 0 amide bonds. The van der Waals surface area contributed by atoms with E-state index in [2.05, 4.69) is 23.7 Å². The van der Waals surface area contributed by atoms with E-state index < -0.39 is 0 Å². The average molecular weight is 210 g/mol. The second-order valence-corrected chi connectivity index (χ2v) is 4.44. The summed E-state index contributed by atoms with van der Waals surface area (Å²) in [6, 6.07) is 0.832. The number of likely N-dealkylation sites (tertiary alicyclic amines) is 1. The van der Waals surface area contributed by atoms with Crippen molar-refractivity contribution in [3.05, 3.63) is 12.7 Å². The monoisotopic (exact) mass is 210 g/mol. The number of rotatable bonds is 6. The molecular weight excluding hydrogens is 184 g/mol. The molecule has 0 aromatic rings. The zero-order chi connectivity index (χ0) is 10.9. The van der Waals surface area contributed by atoms with Gasteiger partial charge in [-0.15, -0.1) is 6.58 Å². The SMILES string of the molecule is C=CCNCCN1CCCCCC1CC. The molecule has 1 aliphatic heterocycles. The summed E-state index contributed by atoms with van der Waals surface area (Å²) in [5.41, 5.74) is 0. The molecule has 1 N–H and O–H groups in total. The number of nitrogens with one attached hydrogen (secondary N) is 1. The average Bonchev–Trinajstić information content (AvgIpc) is 2.49. The summed E-state index contributed by atoms with van der Waals surface area (Å²) in [5, 5.41) is 3.39. The number of hydrogen-bond donors (Lipinski definition) is 1. The fourth-order valence-corrected chi connectivity index (χ4v) is 2.42. The van der Waals surface area contributed by atoms with Gasteiger partial charge in [0.1, 0.15) is 0 Å². The lowest BCUT2D eigenvalue weighted by Gasteiger charge is -2.29. The van der Waals surface area contributed by atoms with E-state index in [1.54, 1.807) is 0 Å². The van der Waals surface area contributed by atoms with Gasteiger partial charge >= 0.3 is 0 Å². The maximum absolute atomic E-state index is 3.72. The van der Waals surface area contributed by atoms with Crippen LogP contribution in [0.3, 0.4) is 0 Å². The van der Waals surface area contributed by atoms with Crippen molar-refractivity contribution in [3.8, 4) is 0 Å². The highest BCUT2D eigenvalue weighted by molar-refractivity contribution is 4.76. The Morgan fingerprint density at radius 2 is 2.27 bits per heavy atom. The van der Waals surface area contributed by atoms with Gasteiger partial charge in [-0.05, 0) is 25.8 Å². The van der Waals surface area contributed by atoms with E-state index in [4.69, 9.17) is 0 Å². The van der Waals surface area contributed by atoms with E-state index in [0.717, 1.165) is 19.1 Å². The Morgan fingerprint density at radius 1 is 1.40 bits per heavy atom. The lowest BCUT2D eigenvalue weighted by atomic mass is 10.1. The molecule has 1 aliphatic rings. The molecule has 1 heterocycles. The first-order valence-corrected chi connectivity index (χ1v) is 6.44. The Bertz CT molecular complexity index is 168. The maximum Gasteiger partial charge on any atom is 0.0132 e. The van der Waals surface area contributed by atoms with E-state index in [9.17, 15) is 0 Å². The lowest BCUT2D eigenvalue weighted by molar-refractivity contribution is 0.196. The molecule has 0 spiro atoms. The molecule has 1 rings (SSSR count). The van der Waals surface area contributed by atoms with Crippen LogP contribution in [-0.4, -0.2) is 37.1 Å². The van der Waals surface area contributed by atoms with Crippen LogP contribution in [0.1, 0.15) is 39.0 Å². The Kier molecular flexibility index (Phi) is 6.69. The van der Waals surface area contributed by atoms with Gasteiger partial charge in [-0.3, -0.25) is 4.90 Å². The van der Waals surface area contributed by atoms with Gasteiger partial charge < -0.3 is 5.32 Å². The number of nitrogens with zero attached hydrogens (tertiary/aromatic N) is 1. The molecule has 1 atom stereocenters. The van der Waals surface area contributed by atoms with Gasteiger partial charge in [0.2, 0.25) is 0 Å². The van der Waals surface area contributed by atoms with Crippen molar-refractivity contribution < 1.29 is 0 Å². The predicted octanol–water partition coefficient (Wildman–Crippen LogP) is 2.42. The second-order valence-electron chi connectivity index (χ2n) is 4.44. The molecule has 88 valence electrons. The molecule has 1 fully saturated rings. The van der Waals surface area contributed by atoms with Crippen molar-refractivity contribution in [3.63, 3.8) is 0 Å². The third-order valence-electron chi connectivity index (χ3n) is 3.33. The van der Waals surface area contributed by atoms with Gasteiger partial charge in [-0.25, -0.2) is 0 Å². The normalized spacial score (nSPS) is 23.7. The summed E-state index contributed by atoms with van der Waals surface area (Å²) in [6.07, 6.45) is 8.87. The van der Waals surface area contributed by atoms with Crippen molar-refractivity contribution >= 4 is 0 Å². The second kappa shape index (κ2) is 7.89. The molecule has 2 heteroatoms. The molecule has 15 heavy (non-hydrogen) atoms. The van der Waals surface area contributed by atoms with Gasteiger partial charge in [0.25, 0.3) is 0 Å². The molecule has 1 saturated heterocycles. The Labute approximate surface area is 94.7 Å². The quantitative estimate of drug-likeness (QED) is 0.535. The molecular formula is C13H26N2. The molecule has 0 aromatic heterocycles. The first-order chi connectivity index (χ1) is 7.38. The minimum absolute atomic E-state index is 0.832. The number of hydrogen-bond acceptors (Lipinski definition) is 2. The zero-order valence-corrected chi connectivity index (χ0v) is 10.2. The van der Waals surface area contributed by atoms with Crippen molar-refractivity contribution in [2.75, 3.05) is 26.2 Å². The Hall–Kier alpha value is -0.340. The van der Waals surface area contributed by atoms with Crippen LogP contribution in [0.5, 0.6) is 0 Å². The van der Waals surface area contributed by atoms with E-state index in [-0.39, 0.29) is 0 Å². The standard InChI is InChI=1S/C13H26N2/c1-3-9-14-10-12-15-11-7-5-6-8-13(15)4-2/h3,13-14H,1,4-12H2,2H3. The molecule has 2 nitrogen and oxygen atoms in total. The summed E-state index contributed by atoms with van der Waals surface area (Å²) in [5.74, 6) is 0. The summed E-state index contributed by atoms with van der Waals surface area (Å²) in [4.78, 5) is 2.67. The minimum atomic E-state index is 0.832. The minimum Gasteiger partial charge on any atom is -0.312 e. The maximum atomic E-state index is 3.72. The highest BCUT2D eigenvalue weighted by atomic mass is 15.2. The molecule has 0 bridgehead atoms. The fourth-order valence-electron chi connectivity index (χ4n) is 2.42. The van der Waals surface area contributed by atoms with E-state index in [0.29, 0.717) is 0 Å². The van der Waals surface area contributed by atoms with Crippen LogP contribution < -0.4 is 5.32 Å².